The van der Waals surface area contributed by atoms with E-state index in [1.54, 1.807) is 12.1 Å². The van der Waals surface area contributed by atoms with E-state index in [0.717, 1.165) is 16.8 Å². The Bertz CT molecular complexity index is 1130. The summed E-state index contributed by atoms with van der Waals surface area (Å²) in [4.78, 5) is 20.5. The number of piperazine rings is 1. The highest BCUT2D eigenvalue weighted by Gasteiger charge is 2.23. The molecule has 0 spiro atoms. The maximum Gasteiger partial charge on any atom is 0.259 e. The molecule has 1 fully saturated rings. The highest BCUT2D eigenvalue weighted by atomic mass is 32.2. The van der Waals surface area contributed by atoms with Crippen LogP contribution in [0.2, 0.25) is 0 Å². The Hall–Kier alpha value is -2.70. The Balaban J connectivity index is 2.07. The highest BCUT2D eigenvalue weighted by molar-refractivity contribution is 7.96. The summed E-state index contributed by atoms with van der Waals surface area (Å²) in [5, 5.41) is 0.705. The number of nitrogens with zero attached hydrogens (tertiary/aromatic N) is 3. The summed E-state index contributed by atoms with van der Waals surface area (Å²) in [6, 6.07) is 5.46. The van der Waals surface area contributed by atoms with Crippen molar-refractivity contribution in [2.75, 3.05) is 30.9 Å². The smallest absolute Gasteiger partial charge is 0.259 e. The van der Waals surface area contributed by atoms with Crippen LogP contribution in [-0.4, -0.2) is 57.0 Å². The van der Waals surface area contributed by atoms with Gasteiger partial charge < -0.3 is 9.80 Å². The number of sulfonamides is 1. The summed E-state index contributed by atoms with van der Waals surface area (Å²) < 4.78 is 28.1. The summed E-state index contributed by atoms with van der Waals surface area (Å²) in [7, 11) is -1.16. The Labute approximate surface area is 206 Å². The first-order valence-corrected chi connectivity index (χ1v) is 13.2. The van der Waals surface area contributed by atoms with E-state index in [9.17, 15) is 13.2 Å². The minimum Gasteiger partial charge on any atom is -0.368 e. The Morgan fingerprint density at radius 1 is 1.24 bits per heavy atom. The number of allylic oxidation sites excluding steroid dienone is 4. The van der Waals surface area contributed by atoms with Crippen LogP contribution >= 0.6 is 9.24 Å². The molecule has 1 amide bonds. The van der Waals surface area contributed by atoms with Gasteiger partial charge in [0.25, 0.3) is 10.0 Å². The highest BCUT2D eigenvalue weighted by Crippen LogP contribution is 2.24. The summed E-state index contributed by atoms with van der Waals surface area (Å²) in [6.07, 6.45) is 4.47. The molecule has 184 valence electrons. The molecule has 1 heterocycles. The van der Waals surface area contributed by atoms with Crippen LogP contribution in [0.4, 0.5) is 5.69 Å². The maximum absolute atomic E-state index is 12.7. The predicted octanol–water partition coefficient (Wildman–Crippen LogP) is 3.91. The zero-order chi connectivity index (χ0) is 25.5. The lowest BCUT2D eigenvalue weighted by atomic mass is 10.1. The SMILES string of the molecule is C=C/C(=C\C)CC(=O)N1CCN(C(=C)c2ccc(NS(=O)(=O)/C(C)=C(/CC)N=C)c(P)c2)CC1. The summed E-state index contributed by atoms with van der Waals surface area (Å²) in [5.74, 6) is 0.101. The summed E-state index contributed by atoms with van der Waals surface area (Å²) in [5.41, 5.74) is 3.57. The van der Waals surface area contributed by atoms with E-state index in [2.05, 4.69) is 43.7 Å². The van der Waals surface area contributed by atoms with Crippen LogP contribution in [0.1, 0.15) is 39.2 Å². The van der Waals surface area contributed by atoms with Crippen molar-refractivity contribution in [1.29, 1.82) is 0 Å². The Kier molecular flexibility index (Phi) is 9.83. The van der Waals surface area contributed by atoms with Gasteiger partial charge in [-0.15, -0.1) is 9.24 Å². The Morgan fingerprint density at radius 3 is 2.35 bits per heavy atom. The minimum atomic E-state index is -3.74. The molecule has 2 rings (SSSR count). The van der Waals surface area contributed by atoms with Gasteiger partial charge in [0.2, 0.25) is 5.91 Å². The molecule has 0 aromatic heterocycles. The Morgan fingerprint density at radius 2 is 1.85 bits per heavy atom. The lowest BCUT2D eigenvalue weighted by molar-refractivity contribution is -0.131. The number of hydrogen-bond donors (Lipinski definition) is 1. The van der Waals surface area contributed by atoms with Gasteiger partial charge in [0.1, 0.15) is 0 Å². The van der Waals surface area contributed by atoms with Gasteiger partial charge in [-0.3, -0.25) is 14.5 Å². The number of nitrogens with one attached hydrogen (secondary N) is 1. The van der Waals surface area contributed by atoms with Crippen LogP contribution in [0.3, 0.4) is 0 Å². The number of rotatable bonds is 10. The lowest BCUT2D eigenvalue weighted by Gasteiger charge is -2.37. The molecular formula is C25H35N4O3PS. The normalized spacial score (nSPS) is 15.5. The number of aliphatic imine (C=N–C) groups is 1. The van der Waals surface area contributed by atoms with Crippen LogP contribution in [0, 0.1) is 0 Å². The molecule has 1 aromatic carbocycles. The van der Waals surface area contributed by atoms with Crippen molar-refractivity contribution in [2.45, 2.75) is 33.6 Å². The van der Waals surface area contributed by atoms with Crippen molar-refractivity contribution in [1.82, 2.24) is 9.80 Å². The molecule has 7 nitrogen and oxygen atoms in total. The summed E-state index contributed by atoms with van der Waals surface area (Å²) in [6.45, 7) is 19.3. The average molecular weight is 503 g/mol. The molecule has 1 aromatic rings. The van der Waals surface area contributed by atoms with E-state index >= 15 is 0 Å². The van der Waals surface area contributed by atoms with Gasteiger partial charge in [-0.25, -0.2) is 8.42 Å². The van der Waals surface area contributed by atoms with E-state index in [1.807, 2.05) is 37.0 Å². The first-order chi connectivity index (χ1) is 16.1. The van der Waals surface area contributed by atoms with Crippen molar-refractivity contribution in [3.8, 4) is 0 Å². The van der Waals surface area contributed by atoms with E-state index in [1.165, 1.54) is 6.92 Å². The predicted molar refractivity (Wildman–Crippen MR) is 147 cm³/mol. The minimum absolute atomic E-state index is 0.101. The number of amides is 1. The first-order valence-electron chi connectivity index (χ1n) is 11.2. The fourth-order valence-electron chi connectivity index (χ4n) is 3.67. The van der Waals surface area contributed by atoms with Crippen molar-refractivity contribution < 1.29 is 13.2 Å². The van der Waals surface area contributed by atoms with Gasteiger partial charge in [-0.2, -0.15) is 0 Å². The van der Waals surface area contributed by atoms with Crippen LogP contribution in [0.25, 0.3) is 5.70 Å². The van der Waals surface area contributed by atoms with Crippen LogP contribution in [-0.2, 0) is 14.8 Å². The number of benzene rings is 1. The molecule has 0 saturated carbocycles. The standard InChI is InChI=1S/C25H35N4O3PS/c1-7-20(8-2)16-25(30)29-14-12-28(13-15-29)18(4)21-10-11-23(24(33)17-21)27-34(31,32)19(5)22(9-3)26-6/h7-8,10-11,17,27H,1,4,6,9,12-16,33H2,2-3,5H3/b20-8+,22-19-. The zero-order valence-electron chi connectivity index (χ0n) is 20.3. The second kappa shape index (κ2) is 12.1. The number of anilines is 1. The van der Waals surface area contributed by atoms with Gasteiger partial charge in [-0.1, -0.05) is 38.3 Å². The van der Waals surface area contributed by atoms with Crippen LogP contribution in [0.15, 0.2) is 64.7 Å². The van der Waals surface area contributed by atoms with Crippen molar-refractivity contribution >= 4 is 48.6 Å². The monoisotopic (exact) mass is 502 g/mol. The van der Waals surface area contributed by atoms with Crippen molar-refractivity contribution in [3.63, 3.8) is 0 Å². The van der Waals surface area contributed by atoms with Gasteiger partial charge in [0.05, 0.1) is 22.7 Å². The molecule has 0 aliphatic carbocycles. The molecule has 1 atom stereocenters. The average Bonchev–Trinajstić information content (AvgIpc) is 2.83. The molecular weight excluding hydrogens is 467 g/mol. The summed E-state index contributed by atoms with van der Waals surface area (Å²) >= 11 is 0. The number of carbonyl (C=O) groups excluding carboxylic acids is 1. The van der Waals surface area contributed by atoms with E-state index in [0.29, 0.717) is 55.7 Å². The third kappa shape index (κ3) is 6.67. The van der Waals surface area contributed by atoms with Crippen molar-refractivity contribution in [3.05, 3.63) is 65.2 Å². The molecule has 0 bridgehead atoms. The number of hydrogen-bond acceptors (Lipinski definition) is 5. The molecule has 0 radical (unpaired) electrons. The van der Waals surface area contributed by atoms with E-state index in [4.69, 9.17) is 0 Å². The van der Waals surface area contributed by atoms with Gasteiger partial charge in [0, 0.05) is 31.9 Å². The van der Waals surface area contributed by atoms with Crippen LogP contribution in [0.5, 0.6) is 0 Å². The molecule has 9 heteroatoms. The first kappa shape index (κ1) is 27.5. The fourth-order valence-corrected chi connectivity index (χ4v) is 5.27. The van der Waals surface area contributed by atoms with Gasteiger partial charge in [0.15, 0.2) is 0 Å². The van der Waals surface area contributed by atoms with Gasteiger partial charge in [-0.05, 0) is 55.6 Å². The lowest BCUT2D eigenvalue weighted by Crippen LogP contribution is -2.47. The molecule has 1 saturated heterocycles. The fraction of sp³-hybridized carbons (Fsp3) is 0.360. The van der Waals surface area contributed by atoms with Crippen molar-refractivity contribution in [2.24, 2.45) is 4.99 Å². The second-order valence-corrected chi connectivity index (χ2v) is 10.4. The van der Waals surface area contributed by atoms with Crippen LogP contribution < -0.4 is 10.0 Å². The maximum atomic E-state index is 12.7. The third-order valence-electron chi connectivity index (χ3n) is 5.97. The largest absolute Gasteiger partial charge is 0.368 e. The molecule has 1 aliphatic heterocycles. The third-order valence-corrected chi connectivity index (χ3v) is 7.97. The topological polar surface area (TPSA) is 82.1 Å². The molecule has 1 unspecified atom stereocenters. The second-order valence-electron chi connectivity index (χ2n) is 7.98. The number of carbonyl (C=O) groups is 1. The molecule has 1 aliphatic rings. The van der Waals surface area contributed by atoms with Gasteiger partial charge >= 0.3 is 0 Å². The zero-order valence-corrected chi connectivity index (χ0v) is 22.3. The molecule has 1 N–H and O–H groups in total. The molecule has 34 heavy (non-hydrogen) atoms. The van der Waals surface area contributed by atoms with E-state index < -0.39 is 10.0 Å². The van der Waals surface area contributed by atoms with E-state index in [-0.39, 0.29) is 10.8 Å². The quantitative estimate of drug-likeness (QED) is 0.299.